The normalized spacial score (nSPS) is 10.9. The van der Waals surface area contributed by atoms with Gasteiger partial charge in [0.15, 0.2) is 0 Å². The number of hydrogen-bond donors (Lipinski definition) is 1. The number of aromatic nitrogens is 1. The van der Waals surface area contributed by atoms with E-state index in [-0.39, 0.29) is 0 Å². The van der Waals surface area contributed by atoms with Crippen LogP contribution in [0.3, 0.4) is 0 Å². The van der Waals surface area contributed by atoms with E-state index >= 15 is 0 Å². The van der Waals surface area contributed by atoms with Crippen LogP contribution in [0.5, 0.6) is 0 Å². The molecule has 0 spiro atoms. The molecule has 2 nitrogen and oxygen atoms in total. The maximum Gasteiger partial charge on any atom is 0.106 e. The van der Waals surface area contributed by atoms with E-state index in [1.807, 2.05) is 11.6 Å². The fourth-order valence-corrected chi connectivity index (χ4v) is 1.51. The summed E-state index contributed by atoms with van der Waals surface area (Å²) in [5.74, 6) is 0.786. The minimum atomic E-state index is 0.786. The van der Waals surface area contributed by atoms with E-state index < -0.39 is 0 Å². The lowest BCUT2D eigenvalue weighted by atomic mass is 10.1. The molecule has 1 rings (SSSR count). The molecule has 0 aromatic carbocycles. The van der Waals surface area contributed by atoms with Gasteiger partial charge in [-0.2, -0.15) is 0 Å². The van der Waals surface area contributed by atoms with Gasteiger partial charge in [0.05, 0.1) is 0 Å². The molecule has 0 bridgehead atoms. The summed E-state index contributed by atoms with van der Waals surface area (Å²) < 4.78 is 0. The van der Waals surface area contributed by atoms with Gasteiger partial charge in [0, 0.05) is 18.1 Å². The average molecular weight is 184 g/mol. The van der Waals surface area contributed by atoms with Gasteiger partial charge in [0.25, 0.3) is 0 Å². The van der Waals surface area contributed by atoms with Crippen LogP contribution in [0.2, 0.25) is 0 Å². The monoisotopic (exact) mass is 184 g/mol. The van der Waals surface area contributed by atoms with Gasteiger partial charge in [0.1, 0.15) is 5.01 Å². The van der Waals surface area contributed by atoms with Crippen molar-refractivity contribution in [2.75, 3.05) is 6.54 Å². The highest BCUT2D eigenvalue weighted by atomic mass is 32.1. The van der Waals surface area contributed by atoms with Crippen molar-refractivity contribution in [1.82, 2.24) is 10.3 Å². The lowest BCUT2D eigenvalue weighted by molar-refractivity contribution is 0.537. The smallest absolute Gasteiger partial charge is 0.106 e. The van der Waals surface area contributed by atoms with E-state index in [0.29, 0.717) is 0 Å². The van der Waals surface area contributed by atoms with Crippen molar-refractivity contribution < 1.29 is 0 Å². The first kappa shape index (κ1) is 9.68. The SMILES string of the molecule is CC(C)CCNCc1nccs1. The van der Waals surface area contributed by atoms with Crippen LogP contribution in [-0.4, -0.2) is 11.5 Å². The van der Waals surface area contributed by atoms with Gasteiger partial charge in [-0.1, -0.05) is 13.8 Å². The topological polar surface area (TPSA) is 24.9 Å². The molecule has 3 heteroatoms. The fourth-order valence-electron chi connectivity index (χ4n) is 0.926. The highest BCUT2D eigenvalue weighted by Gasteiger charge is 1.95. The van der Waals surface area contributed by atoms with Crippen LogP contribution in [0, 0.1) is 5.92 Å². The number of hydrogen-bond acceptors (Lipinski definition) is 3. The lowest BCUT2D eigenvalue weighted by Crippen LogP contribution is -2.15. The Balaban J connectivity index is 2.04. The van der Waals surface area contributed by atoms with Crippen LogP contribution in [-0.2, 0) is 6.54 Å². The van der Waals surface area contributed by atoms with Gasteiger partial charge in [-0.3, -0.25) is 0 Å². The van der Waals surface area contributed by atoms with Gasteiger partial charge in [-0.15, -0.1) is 11.3 Å². The Hall–Kier alpha value is -0.410. The van der Waals surface area contributed by atoms with Crippen molar-refractivity contribution in [2.45, 2.75) is 26.8 Å². The molecule has 1 heterocycles. The summed E-state index contributed by atoms with van der Waals surface area (Å²) in [6.07, 6.45) is 3.09. The molecule has 0 aliphatic heterocycles. The summed E-state index contributed by atoms with van der Waals surface area (Å²) in [5, 5.41) is 6.56. The molecular weight excluding hydrogens is 168 g/mol. The molecule has 0 saturated carbocycles. The Bertz CT molecular complexity index is 194. The molecule has 0 aliphatic carbocycles. The highest BCUT2D eigenvalue weighted by Crippen LogP contribution is 2.03. The van der Waals surface area contributed by atoms with Crippen molar-refractivity contribution in [3.8, 4) is 0 Å². The lowest BCUT2D eigenvalue weighted by Gasteiger charge is -2.04. The molecule has 1 aromatic rings. The molecule has 0 radical (unpaired) electrons. The molecule has 0 fully saturated rings. The predicted molar refractivity (Wildman–Crippen MR) is 53.3 cm³/mol. The maximum atomic E-state index is 4.19. The van der Waals surface area contributed by atoms with Crippen LogP contribution in [0.15, 0.2) is 11.6 Å². The fraction of sp³-hybridized carbons (Fsp3) is 0.667. The van der Waals surface area contributed by atoms with Crippen molar-refractivity contribution in [3.05, 3.63) is 16.6 Å². The molecule has 12 heavy (non-hydrogen) atoms. The molecule has 0 saturated heterocycles. The van der Waals surface area contributed by atoms with Gasteiger partial charge in [-0.05, 0) is 18.9 Å². The first-order chi connectivity index (χ1) is 5.79. The number of nitrogens with one attached hydrogen (secondary N) is 1. The standard InChI is InChI=1S/C9H16N2S/c1-8(2)3-4-10-7-9-11-5-6-12-9/h5-6,8,10H,3-4,7H2,1-2H3. The van der Waals surface area contributed by atoms with Crippen LogP contribution in [0.1, 0.15) is 25.3 Å². The second-order valence-electron chi connectivity index (χ2n) is 3.29. The van der Waals surface area contributed by atoms with Gasteiger partial charge in [0.2, 0.25) is 0 Å². The summed E-state index contributed by atoms with van der Waals surface area (Å²) in [5.41, 5.74) is 0. The van der Waals surface area contributed by atoms with Crippen molar-refractivity contribution in [3.63, 3.8) is 0 Å². The first-order valence-corrected chi connectivity index (χ1v) is 5.26. The number of rotatable bonds is 5. The van der Waals surface area contributed by atoms with Crippen LogP contribution in [0.25, 0.3) is 0 Å². The third kappa shape index (κ3) is 3.83. The van der Waals surface area contributed by atoms with Crippen LogP contribution < -0.4 is 5.32 Å². The van der Waals surface area contributed by atoms with Gasteiger partial charge in [-0.25, -0.2) is 4.98 Å². The Labute approximate surface area is 78.0 Å². The molecule has 0 aliphatic rings. The van der Waals surface area contributed by atoms with Crippen LogP contribution in [0.4, 0.5) is 0 Å². The highest BCUT2D eigenvalue weighted by molar-refractivity contribution is 7.09. The Kier molecular flexibility index (Phi) is 4.25. The van der Waals surface area contributed by atoms with Crippen molar-refractivity contribution in [1.29, 1.82) is 0 Å². The third-order valence-corrected chi connectivity index (χ3v) is 2.44. The van der Waals surface area contributed by atoms with E-state index in [1.165, 1.54) is 11.4 Å². The Morgan fingerprint density at radius 1 is 1.58 bits per heavy atom. The molecule has 0 amide bonds. The summed E-state index contributed by atoms with van der Waals surface area (Å²) >= 11 is 1.71. The number of nitrogens with zero attached hydrogens (tertiary/aromatic N) is 1. The average Bonchev–Trinajstić information content (AvgIpc) is 2.49. The minimum Gasteiger partial charge on any atom is -0.310 e. The van der Waals surface area contributed by atoms with E-state index in [4.69, 9.17) is 0 Å². The van der Waals surface area contributed by atoms with Gasteiger partial charge < -0.3 is 5.32 Å². The minimum absolute atomic E-state index is 0.786. The van der Waals surface area contributed by atoms with Crippen molar-refractivity contribution in [2.24, 2.45) is 5.92 Å². The zero-order valence-corrected chi connectivity index (χ0v) is 8.53. The number of thiazole rings is 1. The Morgan fingerprint density at radius 2 is 2.42 bits per heavy atom. The molecule has 1 aromatic heterocycles. The zero-order chi connectivity index (χ0) is 8.81. The van der Waals surface area contributed by atoms with E-state index in [2.05, 4.69) is 24.1 Å². The maximum absolute atomic E-state index is 4.19. The first-order valence-electron chi connectivity index (χ1n) is 4.38. The Morgan fingerprint density at radius 3 is 3.00 bits per heavy atom. The van der Waals surface area contributed by atoms with Crippen molar-refractivity contribution >= 4 is 11.3 Å². The summed E-state index contributed by atoms with van der Waals surface area (Å²) in [4.78, 5) is 4.19. The van der Waals surface area contributed by atoms with Crippen LogP contribution >= 0.6 is 11.3 Å². The van der Waals surface area contributed by atoms with E-state index in [1.54, 1.807) is 11.3 Å². The van der Waals surface area contributed by atoms with E-state index in [9.17, 15) is 0 Å². The molecule has 1 N–H and O–H groups in total. The van der Waals surface area contributed by atoms with Gasteiger partial charge >= 0.3 is 0 Å². The molecule has 0 unspecified atom stereocenters. The second-order valence-corrected chi connectivity index (χ2v) is 4.26. The summed E-state index contributed by atoms with van der Waals surface area (Å²) in [6, 6.07) is 0. The molecular formula is C9H16N2S. The molecule has 0 atom stereocenters. The summed E-state index contributed by atoms with van der Waals surface area (Å²) in [6.45, 7) is 6.50. The third-order valence-electron chi connectivity index (χ3n) is 1.66. The quantitative estimate of drug-likeness (QED) is 0.710. The predicted octanol–water partition coefficient (Wildman–Crippen LogP) is 2.28. The zero-order valence-electron chi connectivity index (χ0n) is 7.71. The largest absolute Gasteiger partial charge is 0.310 e. The molecule has 68 valence electrons. The second kappa shape index (κ2) is 5.27. The summed E-state index contributed by atoms with van der Waals surface area (Å²) in [7, 11) is 0. The van der Waals surface area contributed by atoms with E-state index in [0.717, 1.165) is 19.0 Å².